The molecule has 0 aliphatic carbocycles. The van der Waals surface area contributed by atoms with Gasteiger partial charge >= 0.3 is 0 Å². The van der Waals surface area contributed by atoms with Gasteiger partial charge in [0.15, 0.2) is 0 Å². The molecule has 4 N–H and O–H groups in total. The number of rotatable bonds is 2. The van der Waals surface area contributed by atoms with Crippen LogP contribution in [-0.4, -0.2) is 4.98 Å². The van der Waals surface area contributed by atoms with Crippen molar-refractivity contribution in [3.05, 3.63) is 34.2 Å². The molecule has 4 nitrogen and oxygen atoms in total. The quantitative estimate of drug-likeness (QED) is 0.376. The summed E-state index contributed by atoms with van der Waals surface area (Å²) in [6.45, 7) is 0.482. The van der Waals surface area contributed by atoms with Crippen LogP contribution in [0.3, 0.4) is 0 Å². The van der Waals surface area contributed by atoms with Crippen molar-refractivity contribution in [2.24, 2.45) is 5.84 Å². The molecule has 4 heteroatoms. The molecule has 0 bridgehead atoms. The second-order valence-corrected chi connectivity index (χ2v) is 1.92. The summed E-state index contributed by atoms with van der Waals surface area (Å²) in [5, 5.41) is 0. The molecule has 54 valence electrons. The zero-order valence-electron chi connectivity index (χ0n) is 5.42. The smallest absolute Gasteiger partial charge is 0.248 e. The average Bonchev–Trinajstić information content (AvgIpc) is 1.88. The number of hydrazine groups is 1. The van der Waals surface area contributed by atoms with Gasteiger partial charge in [0.25, 0.3) is 0 Å². The Morgan fingerprint density at radius 3 is 3.00 bits per heavy atom. The average molecular weight is 139 g/mol. The van der Waals surface area contributed by atoms with E-state index < -0.39 is 0 Å². The highest BCUT2D eigenvalue weighted by molar-refractivity contribution is 5.02. The van der Waals surface area contributed by atoms with Gasteiger partial charge in [-0.25, -0.2) is 0 Å². The van der Waals surface area contributed by atoms with E-state index in [9.17, 15) is 4.79 Å². The topological polar surface area (TPSA) is 70.9 Å². The lowest BCUT2D eigenvalue weighted by atomic mass is 10.3. The van der Waals surface area contributed by atoms with Gasteiger partial charge in [-0.2, -0.15) is 0 Å². The standard InChI is InChI=1S/C6H9N3O/c7-8-4-5-2-1-3-6(10)9-5/h1-3,8H,4,7H2,(H,9,10). The van der Waals surface area contributed by atoms with E-state index in [-0.39, 0.29) is 5.56 Å². The van der Waals surface area contributed by atoms with Gasteiger partial charge < -0.3 is 4.98 Å². The first-order valence-corrected chi connectivity index (χ1v) is 2.94. The molecule has 0 aromatic carbocycles. The number of nitrogens with two attached hydrogens (primary N) is 1. The molecule has 1 rings (SSSR count). The van der Waals surface area contributed by atoms with Crippen LogP contribution in [0.25, 0.3) is 0 Å². The molecule has 0 amide bonds. The third kappa shape index (κ3) is 1.68. The Morgan fingerprint density at radius 1 is 1.60 bits per heavy atom. The van der Waals surface area contributed by atoms with Gasteiger partial charge in [0.1, 0.15) is 0 Å². The van der Waals surface area contributed by atoms with Crippen LogP contribution in [0.15, 0.2) is 23.0 Å². The normalized spacial score (nSPS) is 9.70. The summed E-state index contributed by atoms with van der Waals surface area (Å²) < 4.78 is 0. The van der Waals surface area contributed by atoms with E-state index >= 15 is 0 Å². The Kier molecular flexibility index (Phi) is 2.20. The number of hydrogen-bond donors (Lipinski definition) is 3. The van der Waals surface area contributed by atoms with E-state index in [2.05, 4.69) is 10.4 Å². The van der Waals surface area contributed by atoms with Crippen molar-refractivity contribution in [3.8, 4) is 0 Å². The number of aromatic nitrogens is 1. The molecule has 0 saturated carbocycles. The SMILES string of the molecule is NNCc1cccc(=O)[nH]1. The summed E-state index contributed by atoms with van der Waals surface area (Å²) >= 11 is 0. The van der Waals surface area contributed by atoms with E-state index in [1.165, 1.54) is 6.07 Å². The van der Waals surface area contributed by atoms with Crippen molar-refractivity contribution in [2.75, 3.05) is 0 Å². The van der Waals surface area contributed by atoms with Gasteiger partial charge in [-0.05, 0) is 6.07 Å². The highest BCUT2D eigenvalue weighted by Crippen LogP contribution is 1.86. The van der Waals surface area contributed by atoms with E-state index in [1.807, 2.05) is 0 Å². The predicted molar refractivity (Wildman–Crippen MR) is 38.1 cm³/mol. The monoisotopic (exact) mass is 139 g/mol. The first-order chi connectivity index (χ1) is 4.83. The minimum absolute atomic E-state index is 0.104. The zero-order chi connectivity index (χ0) is 7.40. The Labute approximate surface area is 58.0 Å². The number of H-pyrrole nitrogens is 1. The summed E-state index contributed by atoms with van der Waals surface area (Å²) in [6, 6.07) is 4.94. The summed E-state index contributed by atoms with van der Waals surface area (Å²) in [6.07, 6.45) is 0. The fraction of sp³-hybridized carbons (Fsp3) is 0.167. The predicted octanol–water partition coefficient (Wildman–Crippen LogP) is -0.662. The van der Waals surface area contributed by atoms with E-state index in [4.69, 9.17) is 5.84 Å². The number of pyridine rings is 1. The van der Waals surface area contributed by atoms with Crippen molar-refractivity contribution in [3.63, 3.8) is 0 Å². The van der Waals surface area contributed by atoms with Gasteiger partial charge in [-0.15, -0.1) is 0 Å². The van der Waals surface area contributed by atoms with Crippen LogP contribution in [0.2, 0.25) is 0 Å². The van der Waals surface area contributed by atoms with Gasteiger partial charge in [0, 0.05) is 11.8 Å². The minimum Gasteiger partial charge on any atom is -0.325 e. The van der Waals surface area contributed by atoms with E-state index in [0.717, 1.165) is 5.69 Å². The summed E-state index contributed by atoms with van der Waals surface area (Å²) in [5.41, 5.74) is 3.12. The van der Waals surface area contributed by atoms with Crippen LogP contribution < -0.4 is 16.8 Å². The lowest BCUT2D eigenvalue weighted by molar-refractivity contribution is 0.720. The molecular weight excluding hydrogens is 130 g/mol. The molecule has 0 aliphatic heterocycles. The number of aromatic amines is 1. The fourth-order valence-electron chi connectivity index (χ4n) is 0.706. The molecular formula is C6H9N3O. The summed E-state index contributed by atoms with van der Waals surface area (Å²) in [7, 11) is 0. The maximum absolute atomic E-state index is 10.6. The van der Waals surface area contributed by atoms with Crippen LogP contribution in [0.5, 0.6) is 0 Å². The molecule has 0 fully saturated rings. The Bertz CT molecular complexity index is 255. The lowest BCUT2D eigenvalue weighted by Crippen LogP contribution is -2.22. The molecule has 0 aliphatic rings. The Morgan fingerprint density at radius 2 is 2.40 bits per heavy atom. The van der Waals surface area contributed by atoms with Crippen molar-refractivity contribution in [1.82, 2.24) is 10.4 Å². The third-order valence-electron chi connectivity index (χ3n) is 1.12. The van der Waals surface area contributed by atoms with Gasteiger partial charge in [0.2, 0.25) is 5.56 Å². The first kappa shape index (κ1) is 6.98. The van der Waals surface area contributed by atoms with Crippen molar-refractivity contribution in [1.29, 1.82) is 0 Å². The van der Waals surface area contributed by atoms with E-state index in [1.54, 1.807) is 12.1 Å². The summed E-state index contributed by atoms with van der Waals surface area (Å²) in [5.74, 6) is 5.04. The van der Waals surface area contributed by atoms with Crippen molar-refractivity contribution >= 4 is 0 Å². The Balaban J connectivity index is 2.85. The first-order valence-electron chi connectivity index (χ1n) is 2.94. The summed E-state index contributed by atoms with van der Waals surface area (Å²) in [4.78, 5) is 13.3. The lowest BCUT2D eigenvalue weighted by Gasteiger charge is -1.96. The maximum atomic E-state index is 10.6. The number of hydrogen-bond acceptors (Lipinski definition) is 3. The van der Waals surface area contributed by atoms with Gasteiger partial charge in [0.05, 0.1) is 6.54 Å². The Hall–Kier alpha value is -1.13. The third-order valence-corrected chi connectivity index (χ3v) is 1.12. The highest BCUT2D eigenvalue weighted by atomic mass is 16.1. The van der Waals surface area contributed by atoms with E-state index in [0.29, 0.717) is 6.54 Å². The van der Waals surface area contributed by atoms with Gasteiger partial charge in [-0.3, -0.25) is 16.1 Å². The second kappa shape index (κ2) is 3.14. The molecule has 0 unspecified atom stereocenters. The fourth-order valence-corrected chi connectivity index (χ4v) is 0.706. The van der Waals surface area contributed by atoms with Crippen molar-refractivity contribution in [2.45, 2.75) is 6.54 Å². The maximum Gasteiger partial charge on any atom is 0.248 e. The molecule has 1 aromatic heterocycles. The molecule has 10 heavy (non-hydrogen) atoms. The molecule has 1 aromatic rings. The molecule has 0 atom stereocenters. The number of nitrogens with one attached hydrogen (secondary N) is 2. The second-order valence-electron chi connectivity index (χ2n) is 1.92. The molecule has 0 radical (unpaired) electrons. The van der Waals surface area contributed by atoms with Crippen LogP contribution in [0, 0.1) is 0 Å². The van der Waals surface area contributed by atoms with Crippen LogP contribution in [0.4, 0.5) is 0 Å². The molecule has 1 heterocycles. The van der Waals surface area contributed by atoms with Crippen molar-refractivity contribution < 1.29 is 0 Å². The van der Waals surface area contributed by atoms with Crippen LogP contribution >= 0.6 is 0 Å². The largest absolute Gasteiger partial charge is 0.325 e. The molecule has 0 spiro atoms. The minimum atomic E-state index is -0.104. The van der Waals surface area contributed by atoms with Crippen LogP contribution in [0.1, 0.15) is 5.69 Å². The van der Waals surface area contributed by atoms with Crippen LogP contribution in [-0.2, 0) is 6.54 Å². The highest BCUT2D eigenvalue weighted by Gasteiger charge is 1.88. The van der Waals surface area contributed by atoms with Gasteiger partial charge in [-0.1, -0.05) is 6.07 Å². The zero-order valence-corrected chi connectivity index (χ0v) is 5.42. The molecule has 0 saturated heterocycles.